The molecule has 13 heteroatoms. The summed E-state index contributed by atoms with van der Waals surface area (Å²) in [5.74, 6) is -5.91. The number of ether oxygens (including phenoxy) is 1. The summed E-state index contributed by atoms with van der Waals surface area (Å²) in [6, 6.07) is 2.49. The van der Waals surface area contributed by atoms with Crippen LogP contribution in [0.15, 0.2) is 18.2 Å². The molecule has 4 nitrogen and oxygen atoms in total. The van der Waals surface area contributed by atoms with Gasteiger partial charge in [0, 0.05) is 0 Å². The van der Waals surface area contributed by atoms with Crippen molar-refractivity contribution >= 4 is 41.5 Å². The molecule has 0 fully saturated rings. The number of carbonyl (C=O) groups excluding carboxylic acids is 2. The molecule has 0 aromatic heterocycles. The van der Waals surface area contributed by atoms with Crippen LogP contribution in [0.1, 0.15) is 19.4 Å². The summed E-state index contributed by atoms with van der Waals surface area (Å²) in [4.78, 5) is 21.9. The van der Waals surface area contributed by atoms with Crippen LogP contribution in [0.3, 0.4) is 0 Å². The Morgan fingerprint density at radius 3 is 1.93 bits per heavy atom. The summed E-state index contributed by atoms with van der Waals surface area (Å²) in [6.07, 6.45) is -11.8. The second-order valence-electron chi connectivity index (χ2n) is 5.14. The van der Waals surface area contributed by atoms with E-state index in [1.54, 1.807) is 13.8 Å². The molecule has 1 aromatic carbocycles. The predicted octanol–water partition coefficient (Wildman–Crippen LogP) is 4.53. The summed E-state index contributed by atoms with van der Waals surface area (Å²) in [5.41, 5.74) is -0.995. The van der Waals surface area contributed by atoms with Crippen LogP contribution in [-0.2, 0) is 23.1 Å². The number of alkyl halides is 6. The van der Waals surface area contributed by atoms with E-state index in [0.29, 0.717) is 0 Å². The predicted molar refractivity (Wildman–Crippen MR) is 83.7 cm³/mol. The van der Waals surface area contributed by atoms with E-state index in [2.05, 4.69) is 0 Å². The number of hydrogen-bond donors (Lipinski definition) is 0. The number of benzene rings is 1. The van der Waals surface area contributed by atoms with Crippen LogP contribution < -0.4 is 9.64 Å². The van der Waals surface area contributed by atoms with Crippen molar-refractivity contribution in [2.45, 2.75) is 32.3 Å². The molecule has 154 valence electrons. The van der Waals surface area contributed by atoms with E-state index in [1.165, 1.54) is 4.61 Å². The zero-order valence-electron chi connectivity index (χ0n) is 13.4. The monoisotopic (exact) mass is 527 g/mol. The van der Waals surface area contributed by atoms with Gasteiger partial charge in [0.15, 0.2) is 0 Å². The van der Waals surface area contributed by atoms with Crippen molar-refractivity contribution in [2.24, 2.45) is 0 Å². The van der Waals surface area contributed by atoms with Gasteiger partial charge < -0.3 is 0 Å². The van der Waals surface area contributed by atoms with Gasteiger partial charge in [0.05, 0.1) is 0 Å². The fourth-order valence-corrected chi connectivity index (χ4v) is 3.56. The van der Waals surface area contributed by atoms with Gasteiger partial charge in [0.25, 0.3) is 0 Å². The van der Waals surface area contributed by atoms with Crippen LogP contribution in [0.25, 0.3) is 0 Å². The Balaban J connectivity index is 3.60. The van der Waals surface area contributed by atoms with Gasteiger partial charge in [-0.25, -0.2) is 0 Å². The number of anilines is 1. The van der Waals surface area contributed by atoms with E-state index in [9.17, 15) is 35.9 Å². The molecule has 27 heavy (non-hydrogen) atoms. The third kappa shape index (κ3) is 6.73. The number of halogens is 8. The Labute approximate surface area is 162 Å². The first kappa shape index (κ1) is 23.9. The van der Waals surface area contributed by atoms with E-state index < -0.39 is 48.3 Å². The van der Waals surface area contributed by atoms with Crippen LogP contribution in [0.5, 0.6) is 5.75 Å². The van der Waals surface area contributed by atoms with Crippen molar-refractivity contribution in [2.75, 3.05) is 4.90 Å². The Bertz CT molecular complexity index is 734. The van der Waals surface area contributed by atoms with E-state index in [-0.39, 0.29) is 17.4 Å². The SMILES string of the molecule is CC(C)Oc1ccc(N(C(=O)C(F)(F)F)C(=O)C(F)(F)F)cc1[CH]=[Ru]([Cl])[Cl]. The molecule has 1 aromatic rings. The van der Waals surface area contributed by atoms with Crippen molar-refractivity contribution in [3.8, 4) is 5.75 Å². The first-order valence-electron chi connectivity index (χ1n) is 6.81. The molecule has 0 aliphatic rings. The van der Waals surface area contributed by atoms with Crippen LogP contribution in [-0.4, -0.2) is 34.9 Å². The standard InChI is InChI=1S/C14H11F6NO3.2ClH.Ru/c1-7(2)24-10-5-4-9(6-8(10)3)21(11(22)13(15,16)17)12(23)14(18,19)20;;;/h3-7H,1-2H3;2*1H;/q;;;+2/p-2. The Kier molecular flexibility index (Phi) is 7.84. The van der Waals surface area contributed by atoms with Crippen LogP contribution in [0.4, 0.5) is 32.0 Å². The summed E-state index contributed by atoms with van der Waals surface area (Å²) >= 11 is -2.57. The molecule has 0 saturated heterocycles. The molecule has 0 N–H and O–H groups in total. The molecule has 0 heterocycles. The normalized spacial score (nSPS) is 12.6. The number of amides is 2. The van der Waals surface area contributed by atoms with Crippen molar-refractivity contribution in [1.82, 2.24) is 0 Å². The molecule has 0 saturated carbocycles. The van der Waals surface area contributed by atoms with E-state index >= 15 is 0 Å². The molecule has 1 rings (SSSR count). The number of nitrogens with zero attached hydrogens (tertiary/aromatic N) is 1. The van der Waals surface area contributed by atoms with Crippen LogP contribution in [0, 0.1) is 0 Å². The maximum atomic E-state index is 12.7. The summed E-state index contributed by atoms with van der Waals surface area (Å²) in [6.45, 7) is 3.25. The third-order valence-electron chi connectivity index (χ3n) is 2.69. The molecule has 0 aliphatic carbocycles. The fourth-order valence-electron chi connectivity index (χ4n) is 1.78. The molecule has 0 atom stereocenters. The van der Waals surface area contributed by atoms with E-state index in [0.717, 1.165) is 18.2 Å². The molecular formula is C14H11Cl2F6NO3Ru. The van der Waals surface area contributed by atoms with Gasteiger partial charge in [-0.05, 0) is 0 Å². The second-order valence-corrected chi connectivity index (χ2v) is 10.9. The molecule has 0 radical (unpaired) electrons. The van der Waals surface area contributed by atoms with Crippen molar-refractivity contribution < 1.29 is 54.2 Å². The summed E-state index contributed by atoms with van der Waals surface area (Å²) in [5, 5.41) is 0. The number of carbonyl (C=O) groups is 2. The molecule has 0 unspecified atom stereocenters. The Morgan fingerprint density at radius 2 is 1.56 bits per heavy atom. The first-order valence-corrected chi connectivity index (χ1v) is 12.3. The zero-order chi connectivity index (χ0) is 21.2. The van der Waals surface area contributed by atoms with Crippen LogP contribution >= 0.6 is 19.4 Å². The summed E-state index contributed by atoms with van der Waals surface area (Å²) < 4.78 is 82.9. The molecule has 2 amide bonds. The van der Waals surface area contributed by atoms with Crippen LogP contribution in [0.2, 0.25) is 0 Å². The van der Waals surface area contributed by atoms with E-state index in [4.69, 9.17) is 24.1 Å². The Hall–Kier alpha value is -1.19. The minimum atomic E-state index is -5.71. The summed E-state index contributed by atoms with van der Waals surface area (Å²) in [7, 11) is 11.4. The molecule has 0 aliphatic heterocycles. The van der Waals surface area contributed by atoms with Gasteiger partial charge in [-0.2, -0.15) is 0 Å². The minimum absolute atomic E-state index is 0.0417. The number of rotatable bonds is 4. The second kappa shape index (κ2) is 8.88. The van der Waals surface area contributed by atoms with Crippen molar-refractivity contribution in [1.29, 1.82) is 0 Å². The zero-order valence-corrected chi connectivity index (χ0v) is 16.7. The van der Waals surface area contributed by atoms with Crippen molar-refractivity contribution in [3.63, 3.8) is 0 Å². The maximum absolute atomic E-state index is 12.7. The fraction of sp³-hybridized carbons (Fsp3) is 0.357. The van der Waals surface area contributed by atoms with Gasteiger partial charge in [-0.1, -0.05) is 0 Å². The number of imide groups is 1. The van der Waals surface area contributed by atoms with Crippen molar-refractivity contribution in [3.05, 3.63) is 23.8 Å². The van der Waals surface area contributed by atoms with Gasteiger partial charge in [-0.15, -0.1) is 0 Å². The molecule has 0 spiro atoms. The first-order chi connectivity index (χ1) is 12.1. The third-order valence-corrected chi connectivity index (χ3v) is 4.53. The molecule has 0 bridgehead atoms. The average molecular weight is 527 g/mol. The van der Waals surface area contributed by atoms with E-state index in [1.807, 2.05) is 0 Å². The average Bonchev–Trinajstić information content (AvgIpc) is 2.46. The quantitative estimate of drug-likeness (QED) is 0.427. The van der Waals surface area contributed by atoms with Gasteiger partial charge in [-0.3, -0.25) is 0 Å². The topological polar surface area (TPSA) is 46.6 Å². The van der Waals surface area contributed by atoms with Gasteiger partial charge >= 0.3 is 162 Å². The Morgan fingerprint density at radius 1 is 1.07 bits per heavy atom. The van der Waals surface area contributed by atoms with Gasteiger partial charge in [0.2, 0.25) is 0 Å². The number of hydrogen-bond acceptors (Lipinski definition) is 3. The van der Waals surface area contributed by atoms with Gasteiger partial charge in [0.1, 0.15) is 0 Å². The molecular weight excluding hydrogens is 516 g/mol.